The molecule has 3 nitrogen and oxygen atoms in total. The van der Waals surface area contributed by atoms with Gasteiger partial charge in [-0.25, -0.2) is 0 Å². The second-order valence-corrected chi connectivity index (χ2v) is 4.78. The zero-order chi connectivity index (χ0) is 11.3. The first kappa shape index (κ1) is 12.5. The van der Waals surface area contributed by atoms with Gasteiger partial charge in [0.25, 0.3) is 0 Å². The van der Waals surface area contributed by atoms with Gasteiger partial charge in [0.15, 0.2) is 0 Å². The average Bonchev–Trinajstić information content (AvgIpc) is 2.24. The quantitative estimate of drug-likeness (QED) is 0.768. The Labute approximate surface area is 93.2 Å². The maximum atomic E-state index is 11.8. The molecule has 0 aromatic rings. The molecule has 3 heteroatoms. The summed E-state index contributed by atoms with van der Waals surface area (Å²) in [5.41, 5.74) is 0. The first-order chi connectivity index (χ1) is 7.15. The molecule has 0 spiro atoms. The van der Waals surface area contributed by atoms with Crippen LogP contribution in [-0.2, 0) is 4.79 Å². The lowest BCUT2D eigenvalue weighted by Crippen LogP contribution is -2.40. The van der Waals surface area contributed by atoms with E-state index in [1.54, 1.807) is 0 Å². The Hall–Kier alpha value is -0.570. The molecular weight excluding hydrogens is 188 g/mol. The molecule has 0 aromatic heterocycles. The molecule has 0 radical (unpaired) electrons. The van der Waals surface area contributed by atoms with Crippen molar-refractivity contribution in [3.05, 3.63) is 0 Å². The first-order valence-electron chi connectivity index (χ1n) is 6.05. The summed E-state index contributed by atoms with van der Waals surface area (Å²) in [5.74, 6) is 1.06. The highest BCUT2D eigenvalue weighted by Gasteiger charge is 2.24. The first-order valence-corrected chi connectivity index (χ1v) is 6.05. The number of carbonyl (C=O) groups excluding carboxylic acids is 1. The largest absolute Gasteiger partial charge is 0.343 e. The van der Waals surface area contributed by atoms with E-state index in [4.69, 9.17) is 0 Å². The highest BCUT2D eigenvalue weighted by molar-refractivity contribution is 5.76. The standard InChI is InChI=1S/C12H24N2O/c1-10-5-4-6-11(9-10)14(3)12(15)7-8-13-2/h10-11,13H,4-9H2,1-3H3. The predicted molar refractivity (Wildman–Crippen MR) is 62.7 cm³/mol. The molecule has 0 aliphatic heterocycles. The van der Waals surface area contributed by atoms with Crippen molar-refractivity contribution >= 4 is 5.91 Å². The molecule has 1 aliphatic rings. The lowest BCUT2D eigenvalue weighted by Gasteiger charge is -2.34. The van der Waals surface area contributed by atoms with Gasteiger partial charge in [0.1, 0.15) is 0 Å². The zero-order valence-corrected chi connectivity index (χ0v) is 10.3. The van der Waals surface area contributed by atoms with E-state index in [0.29, 0.717) is 12.5 Å². The Morgan fingerprint density at radius 3 is 2.80 bits per heavy atom. The van der Waals surface area contributed by atoms with Crippen molar-refractivity contribution in [1.29, 1.82) is 0 Å². The Kier molecular flexibility index (Phi) is 5.09. The molecule has 1 saturated carbocycles. The van der Waals surface area contributed by atoms with Crippen LogP contribution in [0.2, 0.25) is 0 Å². The molecule has 0 aromatic carbocycles. The topological polar surface area (TPSA) is 32.3 Å². The Bertz CT molecular complexity index is 206. The summed E-state index contributed by atoms with van der Waals surface area (Å²) in [7, 11) is 3.84. The Morgan fingerprint density at radius 1 is 1.47 bits per heavy atom. The zero-order valence-electron chi connectivity index (χ0n) is 10.3. The second kappa shape index (κ2) is 6.11. The van der Waals surface area contributed by atoms with Crippen molar-refractivity contribution in [3.63, 3.8) is 0 Å². The third kappa shape index (κ3) is 3.82. The summed E-state index contributed by atoms with van der Waals surface area (Å²) < 4.78 is 0. The third-order valence-corrected chi connectivity index (χ3v) is 3.44. The fourth-order valence-corrected chi connectivity index (χ4v) is 2.37. The molecule has 2 unspecified atom stereocenters. The van der Waals surface area contributed by atoms with Gasteiger partial charge in [-0.2, -0.15) is 0 Å². The summed E-state index contributed by atoms with van der Waals surface area (Å²) in [6.45, 7) is 3.07. The summed E-state index contributed by atoms with van der Waals surface area (Å²) in [6, 6.07) is 0.484. The molecular formula is C12H24N2O. The van der Waals surface area contributed by atoms with Crippen LogP contribution in [0.25, 0.3) is 0 Å². The van der Waals surface area contributed by atoms with E-state index in [-0.39, 0.29) is 5.91 Å². The number of hydrogen-bond donors (Lipinski definition) is 1. The summed E-state index contributed by atoms with van der Waals surface area (Å²) in [4.78, 5) is 13.8. The number of amides is 1. The van der Waals surface area contributed by atoms with Crippen LogP contribution in [-0.4, -0.2) is 37.5 Å². The lowest BCUT2D eigenvalue weighted by atomic mass is 9.86. The highest BCUT2D eigenvalue weighted by Crippen LogP contribution is 2.26. The van der Waals surface area contributed by atoms with Gasteiger partial charge in [-0.05, 0) is 25.8 Å². The molecule has 1 amide bonds. The monoisotopic (exact) mass is 212 g/mol. The van der Waals surface area contributed by atoms with Gasteiger partial charge in [0.05, 0.1) is 0 Å². The number of nitrogens with zero attached hydrogens (tertiary/aromatic N) is 1. The molecule has 0 bridgehead atoms. The van der Waals surface area contributed by atoms with Crippen molar-refractivity contribution in [3.8, 4) is 0 Å². The van der Waals surface area contributed by atoms with Crippen LogP contribution >= 0.6 is 0 Å². The Morgan fingerprint density at radius 2 is 2.20 bits per heavy atom. The predicted octanol–water partition coefficient (Wildman–Crippen LogP) is 1.63. The van der Waals surface area contributed by atoms with Crippen molar-refractivity contribution in [2.75, 3.05) is 20.6 Å². The van der Waals surface area contributed by atoms with Gasteiger partial charge in [-0.3, -0.25) is 4.79 Å². The minimum absolute atomic E-state index is 0.281. The average molecular weight is 212 g/mol. The molecule has 1 fully saturated rings. The normalized spacial score (nSPS) is 26.3. The van der Waals surface area contributed by atoms with E-state index in [1.807, 2.05) is 19.0 Å². The van der Waals surface area contributed by atoms with E-state index in [1.165, 1.54) is 25.7 Å². The number of carbonyl (C=O) groups is 1. The summed E-state index contributed by atoms with van der Waals surface area (Å²) >= 11 is 0. The highest BCUT2D eigenvalue weighted by atomic mass is 16.2. The summed E-state index contributed by atoms with van der Waals surface area (Å²) in [6.07, 6.45) is 5.59. The number of hydrogen-bond acceptors (Lipinski definition) is 2. The number of nitrogens with one attached hydrogen (secondary N) is 1. The maximum Gasteiger partial charge on any atom is 0.223 e. The van der Waals surface area contributed by atoms with Gasteiger partial charge in [-0.15, -0.1) is 0 Å². The lowest BCUT2D eigenvalue weighted by molar-refractivity contribution is -0.132. The molecule has 2 atom stereocenters. The fourth-order valence-electron chi connectivity index (χ4n) is 2.37. The van der Waals surface area contributed by atoms with Crippen LogP contribution in [0.15, 0.2) is 0 Å². The third-order valence-electron chi connectivity index (χ3n) is 3.44. The van der Waals surface area contributed by atoms with Crippen molar-refractivity contribution in [2.24, 2.45) is 5.92 Å². The smallest absolute Gasteiger partial charge is 0.223 e. The van der Waals surface area contributed by atoms with E-state index in [9.17, 15) is 4.79 Å². The number of rotatable bonds is 4. The van der Waals surface area contributed by atoms with Crippen LogP contribution in [0.3, 0.4) is 0 Å². The van der Waals surface area contributed by atoms with E-state index in [0.717, 1.165) is 12.5 Å². The van der Waals surface area contributed by atoms with Crippen molar-refractivity contribution < 1.29 is 4.79 Å². The fraction of sp³-hybridized carbons (Fsp3) is 0.917. The molecule has 88 valence electrons. The second-order valence-electron chi connectivity index (χ2n) is 4.78. The van der Waals surface area contributed by atoms with Gasteiger partial charge >= 0.3 is 0 Å². The van der Waals surface area contributed by atoms with Crippen LogP contribution < -0.4 is 5.32 Å². The van der Waals surface area contributed by atoms with Crippen LogP contribution in [0, 0.1) is 5.92 Å². The minimum Gasteiger partial charge on any atom is -0.343 e. The molecule has 1 aliphatic carbocycles. The van der Waals surface area contributed by atoms with Crippen LogP contribution in [0.1, 0.15) is 39.0 Å². The van der Waals surface area contributed by atoms with E-state index < -0.39 is 0 Å². The van der Waals surface area contributed by atoms with Gasteiger partial charge in [-0.1, -0.05) is 19.8 Å². The van der Waals surface area contributed by atoms with Gasteiger partial charge in [0.2, 0.25) is 5.91 Å². The molecule has 1 N–H and O–H groups in total. The van der Waals surface area contributed by atoms with Gasteiger partial charge in [0, 0.05) is 26.1 Å². The summed E-state index contributed by atoms with van der Waals surface area (Å²) in [5, 5.41) is 3.02. The molecule has 1 rings (SSSR count). The van der Waals surface area contributed by atoms with E-state index in [2.05, 4.69) is 12.2 Å². The van der Waals surface area contributed by atoms with Gasteiger partial charge < -0.3 is 10.2 Å². The van der Waals surface area contributed by atoms with Crippen molar-refractivity contribution in [2.45, 2.75) is 45.1 Å². The van der Waals surface area contributed by atoms with E-state index >= 15 is 0 Å². The van der Waals surface area contributed by atoms with Crippen LogP contribution in [0.5, 0.6) is 0 Å². The minimum atomic E-state index is 0.281. The molecule has 0 saturated heterocycles. The van der Waals surface area contributed by atoms with Crippen LogP contribution in [0.4, 0.5) is 0 Å². The Balaban J connectivity index is 2.37. The van der Waals surface area contributed by atoms with Crippen molar-refractivity contribution in [1.82, 2.24) is 10.2 Å². The molecule has 15 heavy (non-hydrogen) atoms. The molecule has 0 heterocycles. The maximum absolute atomic E-state index is 11.8. The SMILES string of the molecule is CNCCC(=O)N(C)C1CCCC(C)C1.